The van der Waals surface area contributed by atoms with Crippen LogP contribution in [0.3, 0.4) is 0 Å². The molecule has 1 fully saturated rings. The highest BCUT2D eigenvalue weighted by Gasteiger charge is 2.52. The standard InChI is InChI=1S/C28H31F8NO2/c1-25(2,3)13-12-22(17-4-8-19(9-5-17)27(31,32)33)37-15-14-26(29,30)21(16-23(38)39)24(37)18-6-10-20(11-7-18)28(34,35)36/h4-11,21-22,24H,12-16H2,1-3H3,(H,38,39). The summed E-state index contributed by atoms with van der Waals surface area (Å²) in [5.41, 5.74) is -1.59. The SMILES string of the molecule is CC(C)(C)CCC(c1ccc(C(F)(F)F)cc1)N1CCC(F)(F)C(CC(=O)O)C1c1ccc(C(F)(F)F)cc1. The Balaban J connectivity index is 2.15. The summed E-state index contributed by atoms with van der Waals surface area (Å²) in [4.78, 5) is 13.3. The van der Waals surface area contributed by atoms with Crippen LogP contribution in [0.15, 0.2) is 48.5 Å². The molecule has 0 aromatic heterocycles. The zero-order valence-corrected chi connectivity index (χ0v) is 21.7. The van der Waals surface area contributed by atoms with Gasteiger partial charge in [0.25, 0.3) is 5.92 Å². The highest BCUT2D eigenvalue weighted by atomic mass is 19.4. The Kier molecular flexibility index (Phi) is 8.75. The number of carboxylic acids is 1. The van der Waals surface area contributed by atoms with E-state index in [2.05, 4.69) is 0 Å². The Labute approximate surface area is 221 Å². The van der Waals surface area contributed by atoms with Crippen LogP contribution in [0.5, 0.6) is 0 Å². The van der Waals surface area contributed by atoms with Gasteiger partial charge in [-0.05, 0) is 53.6 Å². The molecule has 0 aliphatic carbocycles. The first-order valence-electron chi connectivity index (χ1n) is 12.5. The number of halogens is 8. The van der Waals surface area contributed by atoms with Crippen LogP contribution >= 0.6 is 0 Å². The van der Waals surface area contributed by atoms with Gasteiger partial charge in [0.1, 0.15) is 0 Å². The van der Waals surface area contributed by atoms with Gasteiger partial charge in [-0.3, -0.25) is 9.69 Å². The largest absolute Gasteiger partial charge is 0.481 e. The van der Waals surface area contributed by atoms with E-state index >= 15 is 8.78 Å². The van der Waals surface area contributed by atoms with Gasteiger partial charge in [0.15, 0.2) is 0 Å². The molecule has 3 rings (SSSR count). The minimum Gasteiger partial charge on any atom is -0.481 e. The lowest BCUT2D eigenvalue weighted by Gasteiger charge is -2.49. The lowest BCUT2D eigenvalue weighted by atomic mass is 9.77. The van der Waals surface area contributed by atoms with E-state index in [-0.39, 0.29) is 17.5 Å². The third-order valence-corrected chi connectivity index (χ3v) is 7.15. The average Bonchev–Trinajstić information content (AvgIpc) is 2.79. The Bertz CT molecular complexity index is 1120. The zero-order valence-electron chi connectivity index (χ0n) is 21.7. The van der Waals surface area contributed by atoms with Crippen molar-refractivity contribution in [3.8, 4) is 0 Å². The van der Waals surface area contributed by atoms with E-state index in [9.17, 15) is 36.2 Å². The topological polar surface area (TPSA) is 40.5 Å². The molecule has 0 amide bonds. The van der Waals surface area contributed by atoms with Crippen LogP contribution in [-0.2, 0) is 17.1 Å². The number of carboxylic acid groups (broad SMARTS) is 1. The van der Waals surface area contributed by atoms with Crippen molar-refractivity contribution in [3.05, 3.63) is 70.8 Å². The number of piperidine rings is 1. The summed E-state index contributed by atoms with van der Waals surface area (Å²) in [6.07, 6.45) is -9.98. The van der Waals surface area contributed by atoms with Crippen molar-refractivity contribution >= 4 is 5.97 Å². The van der Waals surface area contributed by atoms with Crippen molar-refractivity contribution in [1.82, 2.24) is 4.90 Å². The minimum atomic E-state index is -4.66. The predicted molar refractivity (Wildman–Crippen MR) is 129 cm³/mol. The molecule has 11 heteroatoms. The molecule has 3 atom stereocenters. The van der Waals surface area contributed by atoms with Crippen LogP contribution < -0.4 is 0 Å². The van der Waals surface area contributed by atoms with Crippen LogP contribution in [0.2, 0.25) is 0 Å². The van der Waals surface area contributed by atoms with Gasteiger partial charge >= 0.3 is 18.3 Å². The monoisotopic (exact) mass is 565 g/mol. The second-order valence-electron chi connectivity index (χ2n) is 11.3. The molecule has 1 saturated heterocycles. The maximum Gasteiger partial charge on any atom is 0.416 e. The third-order valence-electron chi connectivity index (χ3n) is 7.15. The fraction of sp³-hybridized carbons (Fsp3) is 0.536. The molecule has 1 N–H and O–H groups in total. The normalized spacial score (nSPS) is 21.5. The molecule has 0 radical (unpaired) electrons. The number of likely N-dealkylation sites (tertiary alicyclic amines) is 1. The number of rotatable bonds is 7. The molecule has 1 aliphatic heterocycles. The molecular formula is C28H31F8NO2. The first-order valence-corrected chi connectivity index (χ1v) is 12.5. The average molecular weight is 566 g/mol. The van der Waals surface area contributed by atoms with Gasteiger partial charge in [0.05, 0.1) is 23.5 Å². The quantitative estimate of drug-likeness (QED) is 0.341. The molecular weight excluding hydrogens is 534 g/mol. The summed E-state index contributed by atoms with van der Waals surface area (Å²) in [7, 11) is 0. The highest BCUT2D eigenvalue weighted by molar-refractivity contribution is 5.67. The van der Waals surface area contributed by atoms with Gasteiger partial charge in [-0.2, -0.15) is 26.3 Å². The van der Waals surface area contributed by atoms with Crippen LogP contribution in [-0.4, -0.2) is 28.4 Å². The predicted octanol–water partition coefficient (Wildman–Crippen LogP) is 8.76. The number of benzene rings is 2. The summed E-state index contributed by atoms with van der Waals surface area (Å²) in [5, 5.41) is 9.46. The summed E-state index contributed by atoms with van der Waals surface area (Å²) in [6.45, 7) is 5.61. The van der Waals surface area contributed by atoms with Crippen molar-refractivity contribution in [2.75, 3.05) is 6.54 Å². The Hall–Kier alpha value is -2.69. The summed E-state index contributed by atoms with van der Waals surface area (Å²) in [6, 6.07) is 6.05. The van der Waals surface area contributed by atoms with Gasteiger partial charge in [-0.25, -0.2) is 8.78 Å². The molecule has 3 nitrogen and oxygen atoms in total. The smallest absolute Gasteiger partial charge is 0.416 e. The Morgan fingerprint density at radius 3 is 1.85 bits per heavy atom. The molecule has 3 unspecified atom stereocenters. The first-order chi connectivity index (χ1) is 17.8. The summed E-state index contributed by atoms with van der Waals surface area (Å²) < 4.78 is 110. The number of aliphatic carboxylic acids is 1. The van der Waals surface area contributed by atoms with E-state index in [4.69, 9.17) is 0 Å². The van der Waals surface area contributed by atoms with Gasteiger partial charge in [0.2, 0.25) is 0 Å². The molecule has 0 bridgehead atoms. The van der Waals surface area contributed by atoms with Crippen LogP contribution in [0.4, 0.5) is 35.1 Å². The van der Waals surface area contributed by atoms with Gasteiger partial charge in [0, 0.05) is 25.0 Å². The second-order valence-corrected chi connectivity index (χ2v) is 11.3. The van der Waals surface area contributed by atoms with E-state index in [1.165, 1.54) is 12.1 Å². The van der Waals surface area contributed by atoms with Crippen molar-refractivity contribution < 1.29 is 45.0 Å². The van der Waals surface area contributed by atoms with Gasteiger partial charge in [-0.1, -0.05) is 45.0 Å². The fourth-order valence-electron chi connectivity index (χ4n) is 5.14. The molecule has 2 aromatic rings. The molecule has 0 spiro atoms. The van der Waals surface area contributed by atoms with Crippen molar-refractivity contribution in [1.29, 1.82) is 0 Å². The number of carbonyl (C=O) groups is 1. The highest BCUT2D eigenvalue weighted by Crippen LogP contribution is 2.51. The molecule has 2 aromatic carbocycles. The van der Waals surface area contributed by atoms with Gasteiger partial charge < -0.3 is 5.11 Å². The number of nitrogens with zero attached hydrogens (tertiary/aromatic N) is 1. The molecule has 1 heterocycles. The van der Waals surface area contributed by atoms with Crippen LogP contribution in [0.25, 0.3) is 0 Å². The Morgan fingerprint density at radius 1 is 0.923 bits per heavy atom. The summed E-state index contributed by atoms with van der Waals surface area (Å²) in [5.74, 6) is -6.69. The minimum absolute atomic E-state index is 0.0845. The lowest BCUT2D eigenvalue weighted by molar-refractivity contribution is -0.163. The van der Waals surface area contributed by atoms with Crippen LogP contribution in [0, 0.1) is 11.3 Å². The van der Waals surface area contributed by atoms with Crippen molar-refractivity contribution in [2.24, 2.45) is 11.3 Å². The molecule has 0 saturated carbocycles. The van der Waals surface area contributed by atoms with E-state index < -0.39 is 66.2 Å². The Morgan fingerprint density at radius 2 is 1.41 bits per heavy atom. The number of hydrogen-bond donors (Lipinski definition) is 1. The summed E-state index contributed by atoms with van der Waals surface area (Å²) >= 11 is 0. The fourth-order valence-corrected chi connectivity index (χ4v) is 5.14. The molecule has 216 valence electrons. The van der Waals surface area contributed by atoms with E-state index in [1.54, 1.807) is 4.90 Å². The molecule has 39 heavy (non-hydrogen) atoms. The first kappa shape index (κ1) is 30.8. The zero-order chi connectivity index (χ0) is 29.4. The van der Waals surface area contributed by atoms with E-state index in [0.717, 1.165) is 36.4 Å². The van der Waals surface area contributed by atoms with E-state index in [0.29, 0.717) is 18.4 Å². The third kappa shape index (κ3) is 7.70. The van der Waals surface area contributed by atoms with E-state index in [1.807, 2.05) is 20.8 Å². The maximum absolute atomic E-state index is 15.2. The van der Waals surface area contributed by atoms with Crippen molar-refractivity contribution in [3.63, 3.8) is 0 Å². The maximum atomic E-state index is 15.2. The number of hydrogen-bond acceptors (Lipinski definition) is 2. The van der Waals surface area contributed by atoms with Crippen LogP contribution in [0.1, 0.15) is 80.8 Å². The van der Waals surface area contributed by atoms with Crippen molar-refractivity contribution in [2.45, 2.75) is 76.8 Å². The number of alkyl halides is 8. The molecule has 1 aliphatic rings. The lowest BCUT2D eigenvalue weighted by Crippen LogP contribution is -2.51. The van der Waals surface area contributed by atoms with Gasteiger partial charge in [-0.15, -0.1) is 0 Å². The second kappa shape index (κ2) is 11.1.